The lowest BCUT2D eigenvalue weighted by Crippen LogP contribution is -1.95. The van der Waals surface area contributed by atoms with Crippen molar-refractivity contribution < 1.29 is 13.9 Å². The molecule has 116 valence electrons. The van der Waals surface area contributed by atoms with Crippen molar-refractivity contribution in [2.45, 2.75) is 6.61 Å². The van der Waals surface area contributed by atoms with Crippen LogP contribution in [0.3, 0.4) is 0 Å². The van der Waals surface area contributed by atoms with Gasteiger partial charge < -0.3 is 9.47 Å². The highest BCUT2D eigenvalue weighted by Crippen LogP contribution is 2.28. The molecule has 0 fully saturated rings. The Morgan fingerprint density at radius 3 is 2.22 bits per heavy atom. The molecule has 2 nitrogen and oxygen atoms in total. The topological polar surface area (TPSA) is 18.5 Å². The highest BCUT2D eigenvalue weighted by atomic mass is 19.1. The molecule has 3 heteroatoms. The molecule has 0 amide bonds. The van der Waals surface area contributed by atoms with Crippen LogP contribution in [0, 0.1) is 5.82 Å². The molecule has 0 N–H and O–H groups in total. The summed E-state index contributed by atoms with van der Waals surface area (Å²) in [7, 11) is 1.57. The van der Waals surface area contributed by atoms with Gasteiger partial charge in [-0.1, -0.05) is 42.5 Å². The molecule has 0 spiro atoms. The van der Waals surface area contributed by atoms with Gasteiger partial charge in [0.2, 0.25) is 0 Å². The zero-order valence-electron chi connectivity index (χ0n) is 12.8. The Morgan fingerprint density at radius 2 is 1.52 bits per heavy atom. The van der Waals surface area contributed by atoms with Gasteiger partial charge in [-0.25, -0.2) is 4.39 Å². The molecule has 3 aromatic rings. The van der Waals surface area contributed by atoms with Crippen LogP contribution in [0.1, 0.15) is 5.56 Å². The Bertz CT molecular complexity index is 767. The van der Waals surface area contributed by atoms with Crippen LogP contribution in [0.4, 0.5) is 4.39 Å². The minimum Gasteiger partial charge on any atom is -0.497 e. The summed E-state index contributed by atoms with van der Waals surface area (Å²) in [6, 6.07) is 22.0. The normalized spacial score (nSPS) is 10.3. The van der Waals surface area contributed by atoms with Crippen LogP contribution in [0.2, 0.25) is 0 Å². The van der Waals surface area contributed by atoms with Crippen molar-refractivity contribution in [3.63, 3.8) is 0 Å². The number of hydrogen-bond donors (Lipinski definition) is 0. The van der Waals surface area contributed by atoms with Gasteiger partial charge in [0.1, 0.15) is 23.9 Å². The van der Waals surface area contributed by atoms with Crippen molar-refractivity contribution in [2.24, 2.45) is 0 Å². The Hall–Kier alpha value is -2.81. The van der Waals surface area contributed by atoms with E-state index in [1.807, 2.05) is 54.6 Å². The first kappa shape index (κ1) is 15.1. The van der Waals surface area contributed by atoms with Crippen molar-refractivity contribution in [1.82, 2.24) is 0 Å². The van der Waals surface area contributed by atoms with Gasteiger partial charge in [0.15, 0.2) is 0 Å². The Morgan fingerprint density at radius 1 is 0.826 bits per heavy atom. The summed E-state index contributed by atoms with van der Waals surface area (Å²) in [4.78, 5) is 0. The molecular weight excluding hydrogens is 291 g/mol. The smallest absolute Gasteiger partial charge is 0.131 e. The average molecular weight is 308 g/mol. The second-order valence-electron chi connectivity index (χ2n) is 5.14. The number of methoxy groups -OCH3 is 1. The fraction of sp³-hybridized carbons (Fsp3) is 0.100. The monoisotopic (exact) mass is 308 g/mol. The van der Waals surface area contributed by atoms with Gasteiger partial charge in [-0.2, -0.15) is 0 Å². The molecule has 0 saturated heterocycles. The largest absolute Gasteiger partial charge is 0.497 e. The highest BCUT2D eigenvalue weighted by Gasteiger charge is 2.07. The van der Waals surface area contributed by atoms with Crippen LogP contribution >= 0.6 is 0 Å². The van der Waals surface area contributed by atoms with E-state index in [4.69, 9.17) is 9.47 Å². The summed E-state index contributed by atoms with van der Waals surface area (Å²) < 4.78 is 24.9. The first-order valence-electron chi connectivity index (χ1n) is 7.37. The van der Waals surface area contributed by atoms with Gasteiger partial charge in [-0.05, 0) is 41.5 Å². The molecule has 0 atom stereocenters. The molecule has 0 radical (unpaired) electrons. The van der Waals surface area contributed by atoms with Crippen LogP contribution in [-0.4, -0.2) is 7.11 Å². The molecule has 3 rings (SSSR count). The van der Waals surface area contributed by atoms with E-state index in [1.165, 1.54) is 6.07 Å². The highest BCUT2D eigenvalue weighted by molar-refractivity contribution is 5.66. The number of benzene rings is 3. The van der Waals surface area contributed by atoms with Gasteiger partial charge in [0.05, 0.1) is 7.11 Å². The summed E-state index contributed by atoms with van der Waals surface area (Å²) in [6.45, 7) is 0.508. The molecule has 0 bridgehead atoms. The van der Waals surface area contributed by atoms with Crippen molar-refractivity contribution in [1.29, 1.82) is 0 Å². The van der Waals surface area contributed by atoms with E-state index in [-0.39, 0.29) is 5.82 Å². The lowest BCUT2D eigenvalue weighted by molar-refractivity contribution is 0.306. The summed E-state index contributed by atoms with van der Waals surface area (Å²) in [5.74, 6) is 1.11. The van der Waals surface area contributed by atoms with Crippen molar-refractivity contribution in [2.75, 3.05) is 7.11 Å². The summed E-state index contributed by atoms with van der Waals surface area (Å²) in [5.41, 5.74) is 2.41. The molecule has 0 saturated carbocycles. The fourth-order valence-corrected chi connectivity index (χ4v) is 2.32. The van der Waals surface area contributed by atoms with E-state index in [0.29, 0.717) is 17.9 Å². The molecule has 0 aliphatic rings. The van der Waals surface area contributed by atoms with E-state index >= 15 is 0 Å². The van der Waals surface area contributed by atoms with Gasteiger partial charge >= 0.3 is 0 Å². The maximum Gasteiger partial charge on any atom is 0.131 e. The third kappa shape index (κ3) is 3.69. The predicted octanol–water partition coefficient (Wildman–Crippen LogP) is 5.08. The van der Waals surface area contributed by atoms with Crippen LogP contribution < -0.4 is 9.47 Å². The molecular formula is C20H17FO2. The zero-order valence-corrected chi connectivity index (χ0v) is 12.8. The molecule has 0 unspecified atom stereocenters. The SMILES string of the molecule is COc1ccc(F)c(-c2ccc(OCc3ccccc3)cc2)c1. The standard InChI is InChI=1S/C20H17FO2/c1-22-18-11-12-20(21)19(13-18)16-7-9-17(10-8-16)23-14-15-5-3-2-4-6-15/h2-13H,14H2,1H3. The molecule has 0 aromatic heterocycles. The van der Waals surface area contributed by atoms with Gasteiger partial charge in [0, 0.05) is 5.56 Å². The van der Waals surface area contributed by atoms with Gasteiger partial charge in [-0.3, -0.25) is 0 Å². The van der Waals surface area contributed by atoms with Crippen molar-refractivity contribution >= 4 is 0 Å². The zero-order chi connectivity index (χ0) is 16.1. The second-order valence-corrected chi connectivity index (χ2v) is 5.14. The number of ether oxygens (including phenoxy) is 2. The summed E-state index contributed by atoms with van der Waals surface area (Å²) in [6.07, 6.45) is 0. The first-order chi connectivity index (χ1) is 11.3. The van der Waals surface area contributed by atoms with E-state index in [0.717, 1.165) is 16.9 Å². The Balaban J connectivity index is 1.74. The van der Waals surface area contributed by atoms with Crippen molar-refractivity contribution in [3.8, 4) is 22.6 Å². The maximum absolute atomic E-state index is 14.0. The van der Waals surface area contributed by atoms with E-state index in [2.05, 4.69) is 0 Å². The average Bonchev–Trinajstić information content (AvgIpc) is 2.62. The Labute approximate surface area is 135 Å². The third-order valence-electron chi connectivity index (χ3n) is 3.59. The minimum atomic E-state index is -0.274. The first-order valence-corrected chi connectivity index (χ1v) is 7.37. The van der Waals surface area contributed by atoms with Gasteiger partial charge in [-0.15, -0.1) is 0 Å². The van der Waals surface area contributed by atoms with E-state index in [1.54, 1.807) is 19.2 Å². The third-order valence-corrected chi connectivity index (χ3v) is 3.59. The second kappa shape index (κ2) is 6.97. The van der Waals surface area contributed by atoms with Gasteiger partial charge in [0.25, 0.3) is 0 Å². The van der Waals surface area contributed by atoms with Crippen molar-refractivity contribution in [3.05, 3.63) is 84.2 Å². The molecule has 0 aliphatic heterocycles. The van der Waals surface area contributed by atoms with Crippen LogP contribution in [0.15, 0.2) is 72.8 Å². The predicted molar refractivity (Wildman–Crippen MR) is 89.2 cm³/mol. The lowest BCUT2D eigenvalue weighted by atomic mass is 10.0. The lowest BCUT2D eigenvalue weighted by Gasteiger charge is -2.09. The van der Waals surface area contributed by atoms with Crippen LogP contribution in [0.5, 0.6) is 11.5 Å². The molecule has 3 aromatic carbocycles. The molecule has 0 heterocycles. The number of halogens is 1. The summed E-state index contributed by atoms with van der Waals surface area (Å²) >= 11 is 0. The minimum absolute atomic E-state index is 0.274. The molecule has 23 heavy (non-hydrogen) atoms. The summed E-state index contributed by atoms with van der Waals surface area (Å²) in [5, 5.41) is 0. The van der Waals surface area contributed by atoms with E-state index in [9.17, 15) is 4.39 Å². The molecule has 0 aliphatic carbocycles. The fourth-order valence-electron chi connectivity index (χ4n) is 2.32. The van der Waals surface area contributed by atoms with Crippen LogP contribution in [0.25, 0.3) is 11.1 Å². The van der Waals surface area contributed by atoms with Crippen LogP contribution in [-0.2, 0) is 6.61 Å². The van der Waals surface area contributed by atoms with E-state index < -0.39 is 0 Å². The maximum atomic E-state index is 14.0. The number of rotatable bonds is 5. The number of hydrogen-bond acceptors (Lipinski definition) is 2. The quantitative estimate of drug-likeness (QED) is 0.654. The Kier molecular flexibility index (Phi) is 4.57.